The van der Waals surface area contributed by atoms with Gasteiger partial charge in [0.15, 0.2) is 0 Å². The van der Waals surface area contributed by atoms with Crippen LogP contribution in [-0.2, 0) is 12.0 Å². The van der Waals surface area contributed by atoms with Crippen molar-refractivity contribution >= 4 is 0 Å². The number of aliphatic hydroxyl groups is 1. The van der Waals surface area contributed by atoms with Gasteiger partial charge in [-0.2, -0.15) is 5.10 Å². The Balaban J connectivity index is 1.51. The van der Waals surface area contributed by atoms with E-state index in [2.05, 4.69) is 34.0 Å². The first-order chi connectivity index (χ1) is 16.4. The molecule has 34 heavy (non-hydrogen) atoms. The minimum atomic E-state index is -0.668. The maximum absolute atomic E-state index is 14.4. The van der Waals surface area contributed by atoms with Crippen LogP contribution in [0.4, 0.5) is 8.78 Å². The van der Waals surface area contributed by atoms with Crippen molar-refractivity contribution in [3.05, 3.63) is 77.2 Å². The maximum Gasteiger partial charge on any atom is 0.246 e. The van der Waals surface area contributed by atoms with E-state index in [1.807, 2.05) is 0 Å². The summed E-state index contributed by atoms with van der Waals surface area (Å²) in [6.07, 6.45) is 6.36. The van der Waals surface area contributed by atoms with E-state index >= 15 is 0 Å². The molecule has 1 N–H and O–H groups in total. The lowest BCUT2D eigenvalue weighted by Gasteiger charge is -2.37. The minimum absolute atomic E-state index is 0.125. The molecular weight excluding hydrogens is 440 g/mol. The summed E-state index contributed by atoms with van der Waals surface area (Å²) in [7, 11) is 0. The Morgan fingerprint density at radius 2 is 1.88 bits per heavy atom. The van der Waals surface area contributed by atoms with E-state index in [0.717, 1.165) is 29.8 Å². The second-order valence-corrected chi connectivity index (χ2v) is 9.44. The summed E-state index contributed by atoms with van der Waals surface area (Å²) >= 11 is 0. The van der Waals surface area contributed by atoms with E-state index in [0.29, 0.717) is 11.4 Å². The van der Waals surface area contributed by atoms with Crippen LogP contribution in [0.15, 0.2) is 47.3 Å². The number of aromatic nitrogens is 5. The van der Waals surface area contributed by atoms with Gasteiger partial charge in [-0.05, 0) is 47.9 Å². The molecule has 0 spiro atoms. The molecule has 2 bridgehead atoms. The van der Waals surface area contributed by atoms with Crippen LogP contribution in [0.3, 0.4) is 0 Å². The van der Waals surface area contributed by atoms with Gasteiger partial charge in [-0.1, -0.05) is 19.9 Å². The fourth-order valence-electron chi connectivity index (χ4n) is 5.93. The lowest BCUT2D eigenvalue weighted by Crippen LogP contribution is -2.38. The molecule has 1 saturated carbocycles. The van der Waals surface area contributed by atoms with Crippen molar-refractivity contribution in [3.8, 4) is 22.8 Å². The van der Waals surface area contributed by atoms with Gasteiger partial charge >= 0.3 is 0 Å². The normalized spacial score (nSPS) is 22.2. The van der Waals surface area contributed by atoms with Crippen LogP contribution in [-0.4, -0.2) is 30.3 Å². The monoisotopic (exact) mass is 461 g/mol. The molecule has 172 valence electrons. The van der Waals surface area contributed by atoms with Crippen LogP contribution >= 0.6 is 0 Å². The van der Waals surface area contributed by atoms with E-state index in [9.17, 15) is 13.9 Å². The van der Waals surface area contributed by atoms with Gasteiger partial charge in [0, 0.05) is 6.20 Å². The van der Waals surface area contributed by atoms with Gasteiger partial charge in [0.2, 0.25) is 5.89 Å². The first-order valence-electron chi connectivity index (χ1n) is 11.1. The second kappa shape index (κ2) is 7.20. The fourth-order valence-corrected chi connectivity index (χ4v) is 5.93. The molecule has 4 aromatic rings. The number of hydrogen-bond acceptors (Lipinski definition) is 7. The highest BCUT2D eigenvalue weighted by atomic mass is 19.1. The van der Waals surface area contributed by atoms with Crippen molar-refractivity contribution < 1.29 is 18.3 Å². The highest BCUT2D eigenvalue weighted by molar-refractivity contribution is 5.64. The molecule has 0 saturated heterocycles. The number of hydrogen-bond donors (Lipinski definition) is 1. The third-order valence-corrected chi connectivity index (χ3v) is 7.61. The molecule has 3 aromatic heterocycles. The lowest BCUT2D eigenvalue weighted by atomic mass is 9.66. The van der Waals surface area contributed by atoms with Gasteiger partial charge in [0.1, 0.15) is 29.3 Å². The van der Waals surface area contributed by atoms with Gasteiger partial charge in [-0.3, -0.25) is 4.98 Å². The van der Waals surface area contributed by atoms with E-state index in [1.54, 1.807) is 18.5 Å². The number of oxazole rings is 1. The Morgan fingerprint density at radius 3 is 2.62 bits per heavy atom. The predicted octanol–water partition coefficient (Wildman–Crippen LogP) is 4.56. The van der Waals surface area contributed by atoms with Crippen LogP contribution in [0.1, 0.15) is 55.3 Å². The third kappa shape index (κ3) is 2.67. The molecule has 1 fully saturated rings. The zero-order valence-corrected chi connectivity index (χ0v) is 18.6. The molecule has 3 heterocycles. The summed E-state index contributed by atoms with van der Waals surface area (Å²) in [5.74, 6) is -0.937. The first kappa shape index (κ1) is 21.0. The Hall–Kier alpha value is -3.59. The Kier molecular flexibility index (Phi) is 4.44. The topological polar surface area (TPSA) is 97.8 Å². The van der Waals surface area contributed by atoms with Crippen molar-refractivity contribution in [2.75, 3.05) is 0 Å². The van der Waals surface area contributed by atoms with Crippen molar-refractivity contribution in [2.24, 2.45) is 5.41 Å². The van der Waals surface area contributed by atoms with Crippen LogP contribution in [0.25, 0.3) is 22.8 Å². The van der Waals surface area contributed by atoms with Crippen LogP contribution in [0.5, 0.6) is 0 Å². The quantitative estimate of drug-likeness (QED) is 0.476. The minimum Gasteiger partial charge on any atom is -0.443 e. The summed E-state index contributed by atoms with van der Waals surface area (Å²) in [5, 5.41) is 18.1. The van der Waals surface area contributed by atoms with Crippen molar-refractivity contribution in [3.63, 3.8) is 0 Å². The Morgan fingerprint density at radius 1 is 1.09 bits per heavy atom. The summed E-state index contributed by atoms with van der Waals surface area (Å²) < 4.78 is 34.4. The molecule has 2 atom stereocenters. The molecular formula is C25H21F2N5O2. The fraction of sp³-hybridized carbons (Fsp3) is 0.320. The van der Waals surface area contributed by atoms with E-state index < -0.39 is 17.0 Å². The maximum atomic E-state index is 14.4. The van der Waals surface area contributed by atoms with Crippen molar-refractivity contribution in [1.29, 1.82) is 0 Å². The van der Waals surface area contributed by atoms with Crippen LogP contribution in [0, 0.1) is 17.0 Å². The summed E-state index contributed by atoms with van der Waals surface area (Å²) in [4.78, 5) is 13.5. The molecule has 0 unspecified atom stereocenters. The van der Waals surface area contributed by atoms with Gasteiger partial charge in [0.25, 0.3) is 0 Å². The van der Waals surface area contributed by atoms with Gasteiger partial charge in [-0.25, -0.2) is 18.7 Å². The molecule has 0 amide bonds. The number of benzene rings is 1. The number of fused-ring (bicyclic) bond motifs is 5. The molecule has 0 aliphatic heterocycles. The number of nitrogens with zero attached hydrogens (tertiary/aromatic N) is 5. The molecule has 2 aliphatic rings. The standard InChI is InChI=1S/C25H21F2N5O2/c1-24(2)15-6-7-25(24,20-10-28-9-19(30-20)23-29-13(11-33)12-34-23)22-14(15)8-18(31-32-22)21-16(26)4-3-5-17(21)27/h3-5,8-10,12,15,33H,6-7,11H2,1-2H3/t15-,25-/m0/s1. The Bertz CT molecular complexity index is 1420. The molecule has 7 nitrogen and oxygen atoms in total. The Labute approximate surface area is 193 Å². The molecule has 6 rings (SSSR count). The van der Waals surface area contributed by atoms with Crippen LogP contribution in [0.2, 0.25) is 0 Å². The number of halogens is 2. The molecule has 0 radical (unpaired) electrons. The highest BCUT2D eigenvalue weighted by Crippen LogP contribution is 2.69. The zero-order valence-electron chi connectivity index (χ0n) is 18.6. The van der Waals surface area contributed by atoms with Crippen molar-refractivity contribution in [1.82, 2.24) is 25.1 Å². The van der Waals surface area contributed by atoms with Gasteiger partial charge < -0.3 is 9.52 Å². The zero-order chi connectivity index (χ0) is 23.7. The smallest absolute Gasteiger partial charge is 0.246 e. The summed E-state index contributed by atoms with van der Waals surface area (Å²) in [5.41, 5.74) is 2.46. The van der Waals surface area contributed by atoms with Gasteiger partial charge in [0.05, 0.1) is 40.9 Å². The summed E-state index contributed by atoms with van der Waals surface area (Å²) in [6, 6.07) is 5.54. The number of rotatable bonds is 4. The first-order valence-corrected chi connectivity index (χ1v) is 11.1. The molecule has 1 aromatic carbocycles. The lowest BCUT2D eigenvalue weighted by molar-refractivity contribution is 0.242. The highest BCUT2D eigenvalue weighted by Gasteiger charge is 2.65. The SMILES string of the molecule is CC1(C)[C@H]2CC[C@]1(c1cncc(-c3nc(CO)co3)n1)c1nnc(-c3c(F)cccc3F)cc12. The average molecular weight is 461 g/mol. The second-order valence-electron chi connectivity index (χ2n) is 9.44. The van der Waals surface area contributed by atoms with E-state index in [-0.39, 0.29) is 35.1 Å². The summed E-state index contributed by atoms with van der Waals surface area (Å²) in [6.45, 7) is 4.10. The molecule has 2 aliphatic carbocycles. The third-order valence-electron chi connectivity index (χ3n) is 7.61. The van der Waals surface area contributed by atoms with Gasteiger partial charge in [-0.15, -0.1) is 5.10 Å². The average Bonchev–Trinajstić information content (AvgIpc) is 3.47. The predicted molar refractivity (Wildman–Crippen MR) is 117 cm³/mol. The van der Waals surface area contributed by atoms with Crippen LogP contribution < -0.4 is 0 Å². The van der Waals surface area contributed by atoms with E-state index in [4.69, 9.17) is 9.40 Å². The molecule has 9 heteroatoms. The van der Waals surface area contributed by atoms with E-state index in [1.165, 1.54) is 24.5 Å². The number of aliphatic hydroxyl groups excluding tert-OH is 1. The van der Waals surface area contributed by atoms with Crippen molar-refractivity contribution in [2.45, 2.75) is 44.6 Å². The largest absolute Gasteiger partial charge is 0.443 e.